The Labute approximate surface area is 282 Å². The maximum Gasteiger partial charge on any atom is 0.0125 e. The number of rotatable bonds is 2. The van der Waals surface area contributed by atoms with E-state index in [-0.39, 0.29) is 0 Å². The Balaban J connectivity index is -0.0000000457. The summed E-state index contributed by atoms with van der Waals surface area (Å²) in [5.41, 5.74) is 0.429. The van der Waals surface area contributed by atoms with Crippen LogP contribution in [0.4, 0.5) is 0 Å². The average molecular weight is 624 g/mol. The van der Waals surface area contributed by atoms with Gasteiger partial charge in [-0.25, -0.2) is 0 Å². The quantitative estimate of drug-likeness (QED) is 0.303. The highest BCUT2D eigenvalue weighted by molar-refractivity contribution is 4.81. The first kappa shape index (κ1) is 65.5. The van der Waals surface area contributed by atoms with Crippen LogP contribution in [0.3, 0.4) is 0 Å². The summed E-state index contributed by atoms with van der Waals surface area (Å²) in [5.74, 6) is 0. The summed E-state index contributed by atoms with van der Waals surface area (Å²) in [4.78, 5) is 7.58. The molecule has 3 aliphatic heterocycles. The SMILES string of the molecule is CC.CC.CC.CC.CC.CC.CC.CC.CC.CC(C)(C)N1CCC1.CC(C)N1CCCC1.CC(C)N1CCCCC1. The third-order valence-electron chi connectivity index (χ3n) is 5.80. The molecule has 3 heteroatoms. The zero-order valence-corrected chi connectivity index (χ0v) is 36.5. The highest BCUT2D eigenvalue weighted by atomic mass is 15.2. The van der Waals surface area contributed by atoms with Crippen molar-refractivity contribution in [1.82, 2.24) is 14.7 Å². The van der Waals surface area contributed by atoms with Crippen molar-refractivity contribution >= 4 is 0 Å². The van der Waals surface area contributed by atoms with Crippen LogP contribution in [0.1, 0.15) is 212 Å². The van der Waals surface area contributed by atoms with E-state index in [0.717, 1.165) is 12.1 Å². The van der Waals surface area contributed by atoms with Gasteiger partial charge < -0.3 is 9.80 Å². The molecule has 0 aromatic heterocycles. The molecule has 0 amide bonds. The molecule has 0 aliphatic carbocycles. The van der Waals surface area contributed by atoms with Gasteiger partial charge in [-0.05, 0) is 120 Å². The minimum Gasteiger partial charge on any atom is -0.301 e. The topological polar surface area (TPSA) is 9.72 Å². The first-order chi connectivity index (χ1) is 20.7. The van der Waals surface area contributed by atoms with Crippen molar-refractivity contribution in [2.75, 3.05) is 39.3 Å². The van der Waals surface area contributed by atoms with Gasteiger partial charge in [0.15, 0.2) is 0 Å². The van der Waals surface area contributed by atoms with E-state index in [4.69, 9.17) is 0 Å². The molecule has 3 aliphatic rings. The number of likely N-dealkylation sites (tertiary alicyclic amines) is 3. The standard InChI is InChI=1S/C8H17N.2C7H15N.9C2H6/c1-8(2)9-6-4-3-5-7-9;1-7(2,3)8-5-4-6-8;1-7(2)8-5-3-4-6-8;9*1-2/h8H,3-7H2,1-2H3;4-6H2,1-3H3;7H,3-6H2,1-2H3;9*1-2H3. The molecular formula is C40H101N3. The third kappa shape index (κ3) is 54.7. The molecule has 0 radical (unpaired) electrons. The molecule has 0 aromatic carbocycles. The maximum absolute atomic E-state index is 2.56. The number of hydrogen-bond donors (Lipinski definition) is 0. The molecule has 0 aromatic rings. The van der Waals surface area contributed by atoms with Crippen LogP contribution in [0.15, 0.2) is 0 Å². The van der Waals surface area contributed by atoms with E-state index in [2.05, 4.69) is 63.2 Å². The van der Waals surface area contributed by atoms with E-state index >= 15 is 0 Å². The lowest BCUT2D eigenvalue weighted by Crippen LogP contribution is -2.49. The van der Waals surface area contributed by atoms with E-state index in [9.17, 15) is 0 Å². The summed E-state index contributed by atoms with van der Waals surface area (Å²) in [6, 6.07) is 1.54. The first-order valence-electron chi connectivity index (χ1n) is 19.9. The van der Waals surface area contributed by atoms with Gasteiger partial charge in [0.05, 0.1) is 0 Å². The fraction of sp³-hybridized carbons (Fsp3) is 1.00. The second kappa shape index (κ2) is 64.7. The minimum atomic E-state index is 0.429. The van der Waals surface area contributed by atoms with Gasteiger partial charge in [0.1, 0.15) is 0 Å². The molecular weight excluding hydrogens is 522 g/mol. The highest BCUT2D eigenvalue weighted by Crippen LogP contribution is 2.19. The monoisotopic (exact) mass is 624 g/mol. The van der Waals surface area contributed by atoms with Crippen LogP contribution in [0.2, 0.25) is 0 Å². The van der Waals surface area contributed by atoms with Crippen molar-refractivity contribution in [3.05, 3.63) is 0 Å². The van der Waals surface area contributed by atoms with E-state index in [1.807, 2.05) is 125 Å². The van der Waals surface area contributed by atoms with E-state index in [0.29, 0.717) is 5.54 Å². The van der Waals surface area contributed by atoms with Crippen LogP contribution in [0.5, 0.6) is 0 Å². The summed E-state index contributed by atoms with van der Waals surface area (Å²) in [5, 5.41) is 0. The van der Waals surface area contributed by atoms with Crippen molar-refractivity contribution in [2.45, 2.75) is 229 Å². The third-order valence-corrected chi connectivity index (χ3v) is 5.80. The van der Waals surface area contributed by atoms with Gasteiger partial charge in [-0.3, -0.25) is 4.90 Å². The Morgan fingerprint density at radius 3 is 0.628 bits per heavy atom. The smallest absolute Gasteiger partial charge is 0.0125 e. The van der Waals surface area contributed by atoms with Crippen molar-refractivity contribution in [1.29, 1.82) is 0 Å². The molecule has 3 saturated heterocycles. The van der Waals surface area contributed by atoms with Crippen molar-refractivity contribution < 1.29 is 0 Å². The fourth-order valence-electron chi connectivity index (χ4n) is 3.68. The Morgan fingerprint density at radius 1 is 0.326 bits per heavy atom. The van der Waals surface area contributed by atoms with E-state index in [1.54, 1.807) is 0 Å². The Bertz CT molecular complexity index is 319. The molecule has 276 valence electrons. The molecule has 43 heavy (non-hydrogen) atoms. The minimum absolute atomic E-state index is 0.429. The molecule has 3 heterocycles. The fourth-order valence-corrected chi connectivity index (χ4v) is 3.68. The second-order valence-electron chi connectivity index (χ2n) is 9.54. The molecule has 0 unspecified atom stereocenters. The van der Waals surface area contributed by atoms with Gasteiger partial charge in [0.25, 0.3) is 0 Å². The normalized spacial score (nSPS) is 14.6. The van der Waals surface area contributed by atoms with Crippen LogP contribution >= 0.6 is 0 Å². The number of hydrogen-bond acceptors (Lipinski definition) is 3. The zero-order valence-electron chi connectivity index (χ0n) is 36.5. The van der Waals surface area contributed by atoms with Crippen LogP contribution in [0.25, 0.3) is 0 Å². The predicted molar refractivity (Wildman–Crippen MR) is 215 cm³/mol. The molecule has 0 spiro atoms. The largest absolute Gasteiger partial charge is 0.301 e. The van der Waals surface area contributed by atoms with Crippen molar-refractivity contribution in [2.24, 2.45) is 0 Å². The molecule has 0 N–H and O–H groups in total. The van der Waals surface area contributed by atoms with Crippen LogP contribution in [-0.2, 0) is 0 Å². The number of nitrogens with zero attached hydrogens (tertiary/aromatic N) is 3. The lowest BCUT2D eigenvalue weighted by atomic mass is 10.0. The van der Waals surface area contributed by atoms with Gasteiger partial charge in [-0.15, -0.1) is 0 Å². The summed E-state index contributed by atoms with van der Waals surface area (Å²) in [6.07, 6.45) is 8.51. The molecule has 3 fully saturated rings. The van der Waals surface area contributed by atoms with Gasteiger partial charge >= 0.3 is 0 Å². The molecule has 0 saturated carbocycles. The van der Waals surface area contributed by atoms with Crippen molar-refractivity contribution in [3.8, 4) is 0 Å². The Morgan fingerprint density at radius 2 is 0.535 bits per heavy atom. The van der Waals surface area contributed by atoms with Gasteiger partial charge in [-0.1, -0.05) is 131 Å². The number of piperidine rings is 1. The summed E-state index contributed by atoms with van der Waals surface area (Å²) < 4.78 is 0. The Kier molecular flexibility index (Phi) is 98.6. The van der Waals surface area contributed by atoms with Gasteiger partial charge in [0.2, 0.25) is 0 Å². The van der Waals surface area contributed by atoms with Crippen molar-refractivity contribution in [3.63, 3.8) is 0 Å². The van der Waals surface area contributed by atoms with E-state index in [1.165, 1.54) is 77.8 Å². The summed E-state index contributed by atoms with van der Waals surface area (Å²) in [6.45, 7) is 59.9. The zero-order chi connectivity index (χ0) is 36.9. The first-order valence-corrected chi connectivity index (χ1v) is 19.9. The van der Waals surface area contributed by atoms with Crippen LogP contribution in [0, 0.1) is 0 Å². The van der Waals surface area contributed by atoms with Gasteiger partial charge in [-0.2, -0.15) is 0 Å². The van der Waals surface area contributed by atoms with E-state index < -0.39 is 0 Å². The molecule has 3 nitrogen and oxygen atoms in total. The highest BCUT2D eigenvalue weighted by Gasteiger charge is 2.25. The lowest BCUT2D eigenvalue weighted by molar-refractivity contribution is 0.0690. The van der Waals surface area contributed by atoms with Crippen LogP contribution in [-0.4, -0.2) is 71.6 Å². The average Bonchev–Trinajstić information content (AvgIpc) is 3.62. The second-order valence-corrected chi connectivity index (χ2v) is 9.54. The summed E-state index contributed by atoms with van der Waals surface area (Å²) in [7, 11) is 0. The maximum atomic E-state index is 2.56. The molecule has 0 atom stereocenters. The summed E-state index contributed by atoms with van der Waals surface area (Å²) >= 11 is 0. The molecule has 0 bridgehead atoms. The van der Waals surface area contributed by atoms with Gasteiger partial charge in [0, 0.05) is 17.6 Å². The van der Waals surface area contributed by atoms with Crippen LogP contribution < -0.4 is 0 Å². The predicted octanol–water partition coefficient (Wildman–Crippen LogP) is 14.1. The Hall–Kier alpha value is -0.120. The molecule has 3 rings (SSSR count). The lowest BCUT2D eigenvalue weighted by Gasteiger charge is -2.42.